The van der Waals surface area contributed by atoms with Gasteiger partial charge in [-0.1, -0.05) is 12.8 Å². The van der Waals surface area contributed by atoms with Crippen LogP contribution in [0.25, 0.3) is 0 Å². The van der Waals surface area contributed by atoms with Gasteiger partial charge in [-0.3, -0.25) is 4.79 Å². The topological polar surface area (TPSA) is 29.5 Å². The first-order valence-corrected chi connectivity index (χ1v) is 6.11. The second kappa shape index (κ2) is 4.97. The zero-order valence-electron chi connectivity index (χ0n) is 9.58. The van der Waals surface area contributed by atoms with Crippen LogP contribution in [0.4, 0.5) is 0 Å². The van der Waals surface area contributed by atoms with E-state index in [1.807, 2.05) is 0 Å². The first-order chi connectivity index (χ1) is 7.33. The fourth-order valence-electron chi connectivity index (χ4n) is 3.14. The molecule has 3 heteroatoms. The summed E-state index contributed by atoms with van der Waals surface area (Å²) in [5, 5.41) is 0. The van der Waals surface area contributed by atoms with E-state index in [1.165, 1.54) is 38.5 Å². The minimum Gasteiger partial charge on any atom is -0.375 e. The number of hydrogen-bond donors (Lipinski definition) is 0. The van der Waals surface area contributed by atoms with Crippen molar-refractivity contribution in [3.05, 3.63) is 0 Å². The predicted molar refractivity (Wildman–Crippen MR) is 58.6 cm³/mol. The Kier molecular flexibility index (Phi) is 3.62. The summed E-state index contributed by atoms with van der Waals surface area (Å²) in [5.41, 5.74) is 0. The third kappa shape index (κ3) is 2.33. The summed E-state index contributed by atoms with van der Waals surface area (Å²) in [5.74, 6) is 0.961. The molecule has 1 heterocycles. The first kappa shape index (κ1) is 10.9. The molecule has 0 unspecified atom stereocenters. The second-order valence-corrected chi connectivity index (χ2v) is 4.77. The van der Waals surface area contributed by atoms with E-state index in [9.17, 15) is 4.79 Å². The first-order valence-electron chi connectivity index (χ1n) is 6.11. The van der Waals surface area contributed by atoms with Crippen molar-refractivity contribution in [1.29, 1.82) is 0 Å². The van der Waals surface area contributed by atoms with Crippen molar-refractivity contribution in [2.24, 2.45) is 5.92 Å². The molecular weight excluding hydrogens is 190 g/mol. The quantitative estimate of drug-likeness (QED) is 0.697. The molecule has 0 aromatic heterocycles. The molecule has 0 aromatic carbocycles. The number of carbonyl (C=O) groups is 1. The summed E-state index contributed by atoms with van der Waals surface area (Å²) in [6.45, 7) is 1.20. The smallest absolute Gasteiger partial charge is 0.248 e. The maximum absolute atomic E-state index is 11.9. The normalized spacial score (nSPS) is 31.1. The Morgan fingerprint density at radius 3 is 2.80 bits per heavy atom. The Morgan fingerprint density at radius 1 is 1.27 bits per heavy atom. The van der Waals surface area contributed by atoms with Gasteiger partial charge in [-0.05, 0) is 31.6 Å². The summed E-state index contributed by atoms with van der Waals surface area (Å²) in [6.07, 6.45) is 7.67. The van der Waals surface area contributed by atoms with E-state index in [1.54, 1.807) is 7.11 Å². The van der Waals surface area contributed by atoms with Gasteiger partial charge in [-0.25, -0.2) is 0 Å². The van der Waals surface area contributed by atoms with E-state index in [-0.39, 0.29) is 12.5 Å². The van der Waals surface area contributed by atoms with Crippen LogP contribution in [0.15, 0.2) is 0 Å². The van der Waals surface area contributed by atoms with Crippen molar-refractivity contribution in [3.8, 4) is 0 Å². The van der Waals surface area contributed by atoms with Gasteiger partial charge in [0.05, 0.1) is 0 Å². The van der Waals surface area contributed by atoms with Crippen molar-refractivity contribution >= 4 is 5.91 Å². The highest BCUT2D eigenvalue weighted by Crippen LogP contribution is 2.35. The minimum absolute atomic E-state index is 0.189. The molecule has 0 N–H and O–H groups in total. The lowest BCUT2D eigenvalue weighted by Gasteiger charge is -2.44. The average molecular weight is 211 g/mol. The summed E-state index contributed by atoms with van der Waals surface area (Å²) in [4.78, 5) is 13.9. The van der Waals surface area contributed by atoms with Gasteiger partial charge < -0.3 is 9.64 Å². The third-order valence-corrected chi connectivity index (χ3v) is 3.83. The summed E-state index contributed by atoms with van der Waals surface area (Å²) in [6, 6.07) is 0.523. The van der Waals surface area contributed by atoms with E-state index in [2.05, 4.69) is 4.90 Å². The van der Waals surface area contributed by atoms with Gasteiger partial charge >= 0.3 is 0 Å². The van der Waals surface area contributed by atoms with E-state index < -0.39 is 0 Å². The number of fused-ring (bicyclic) bond motifs is 1. The van der Waals surface area contributed by atoms with Crippen molar-refractivity contribution in [3.63, 3.8) is 0 Å². The fraction of sp³-hybridized carbons (Fsp3) is 0.917. The Bertz CT molecular complexity index is 228. The second-order valence-electron chi connectivity index (χ2n) is 4.77. The number of hydrogen-bond acceptors (Lipinski definition) is 2. The number of likely N-dealkylation sites (tertiary alicyclic amines) is 1. The van der Waals surface area contributed by atoms with Crippen LogP contribution < -0.4 is 0 Å². The molecular formula is C12H21NO2. The molecule has 1 saturated carbocycles. The van der Waals surface area contributed by atoms with Crippen LogP contribution in [0.1, 0.15) is 38.5 Å². The monoisotopic (exact) mass is 211 g/mol. The Labute approximate surface area is 91.8 Å². The highest BCUT2D eigenvalue weighted by molar-refractivity contribution is 5.77. The number of nitrogens with zero attached hydrogens (tertiary/aromatic N) is 1. The van der Waals surface area contributed by atoms with Crippen LogP contribution in [0, 0.1) is 5.92 Å². The van der Waals surface area contributed by atoms with Crippen LogP contribution >= 0.6 is 0 Å². The standard InChI is InChI=1S/C12H21NO2/c1-15-9-12(14)13-8-4-6-10-5-2-3-7-11(10)13/h10-11H,2-9H2,1H3/t10-,11-/m1/s1. The van der Waals surface area contributed by atoms with Crippen molar-refractivity contribution in [1.82, 2.24) is 4.90 Å². The van der Waals surface area contributed by atoms with Crippen molar-refractivity contribution in [2.45, 2.75) is 44.6 Å². The van der Waals surface area contributed by atoms with Crippen LogP contribution in [-0.4, -0.2) is 37.1 Å². The molecule has 0 aromatic rings. The van der Waals surface area contributed by atoms with Gasteiger partial charge in [0.1, 0.15) is 6.61 Å². The van der Waals surface area contributed by atoms with Crippen molar-refractivity contribution in [2.75, 3.05) is 20.3 Å². The molecule has 2 rings (SSSR count). The third-order valence-electron chi connectivity index (χ3n) is 3.83. The number of ether oxygens (including phenoxy) is 1. The van der Waals surface area contributed by atoms with Crippen LogP contribution in [0.2, 0.25) is 0 Å². The molecule has 86 valence electrons. The van der Waals surface area contributed by atoms with Crippen molar-refractivity contribution < 1.29 is 9.53 Å². The lowest BCUT2D eigenvalue weighted by Crippen LogP contribution is -2.50. The Morgan fingerprint density at radius 2 is 2.00 bits per heavy atom. The Hall–Kier alpha value is -0.570. The number of amides is 1. The molecule has 2 aliphatic rings. The minimum atomic E-state index is 0.189. The highest BCUT2D eigenvalue weighted by atomic mass is 16.5. The summed E-state index contributed by atoms with van der Waals surface area (Å²) in [7, 11) is 1.60. The zero-order chi connectivity index (χ0) is 10.7. The number of carbonyl (C=O) groups excluding carboxylic acids is 1. The molecule has 1 saturated heterocycles. The van der Waals surface area contributed by atoms with Crippen LogP contribution in [0.3, 0.4) is 0 Å². The van der Waals surface area contributed by atoms with Gasteiger partial charge in [-0.2, -0.15) is 0 Å². The molecule has 15 heavy (non-hydrogen) atoms. The maximum atomic E-state index is 11.9. The average Bonchev–Trinajstić information content (AvgIpc) is 2.28. The van der Waals surface area contributed by atoms with Crippen LogP contribution in [-0.2, 0) is 9.53 Å². The van der Waals surface area contributed by atoms with E-state index >= 15 is 0 Å². The Balaban J connectivity index is 2.00. The van der Waals surface area contributed by atoms with Gasteiger partial charge in [0.2, 0.25) is 5.91 Å². The largest absolute Gasteiger partial charge is 0.375 e. The van der Waals surface area contributed by atoms with E-state index in [0.717, 1.165) is 12.5 Å². The molecule has 1 aliphatic heterocycles. The predicted octanol–water partition coefficient (Wildman–Crippen LogP) is 1.81. The molecule has 1 aliphatic carbocycles. The van der Waals surface area contributed by atoms with Crippen LogP contribution in [0.5, 0.6) is 0 Å². The van der Waals surface area contributed by atoms with E-state index in [0.29, 0.717) is 6.04 Å². The molecule has 0 radical (unpaired) electrons. The molecule has 0 spiro atoms. The van der Waals surface area contributed by atoms with E-state index in [4.69, 9.17) is 4.74 Å². The summed E-state index contributed by atoms with van der Waals surface area (Å²) < 4.78 is 4.95. The lowest BCUT2D eigenvalue weighted by atomic mass is 9.78. The molecule has 2 fully saturated rings. The number of methoxy groups -OCH3 is 1. The zero-order valence-corrected chi connectivity index (χ0v) is 9.58. The fourth-order valence-corrected chi connectivity index (χ4v) is 3.14. The van der Waals surface area contributed by atoms with Gasteiger partial charge in [0.25, 0.3) is 0 Å². The van der Waals surface area contributed by atoms with Gasteiger partial charge in [-0.15, -0.1) is 0 Å². The number of rotatable bonds is 2. The molecule has 1 amide bonds. The molecule has 3 nitrogen and oxygen atoms in total. The summed E-state index contributed by atoms with van der Waals surface area (Å²) >= 11 is 0. The molecule has 0 bridgehead atoms. The van der Waals surface area contributed by atoms with Gasteiger partial charge in [0, 0.05) is 19.7 Å². The van der Waals surface area contributed by atoms with Gasteiger partial charge in [0.15, 0.2) is 0 Å². The highest BCUT2D eigenvalue weighted by Gasteiger charge is 2.35. The number of piperidine rings is 1. The molecule has 2 atom stereocenters. The lowest BCUT2D eigenvalue weighted by molar-refractivity contribution is -0.141. The SMILES string of the molecule is COCC(=O)N1CCC[C@H]2CCCC[C@H]21. The maximum Gasteiger partial charge on any atom is 0.248 e.